The second kappa shape index (κ2) is 8.78. The molecule has 5 nitrogen and oxygen atoms in total. The molecule has 1 N–H and O–H groups in total. The zero-order chi connectivity index (χ0) is 22.0. The fourth-order valence-corrected chi connectivity index (χ4v) is 3.99. The monoisotopic (exact) mass is 476 g/mol. The Bertz CT molecular complexity index is 1310. The zero-order valence-electron chi connectivity index (χ0n) is 17.2. The highest BCUT2D eigenvalue weighted by molar-refractivity contribution is 9.10. The van der Waals surface area contributed by atoms with E-state index in [2.05, 4.69) is 20.9 Å². The third-order valence-corrected chi connectivity index (χ3v) is 5.92. The van der Waals surface area contributed by atoms with E-state index in [0.29, 0.717) is 27.0 Å². The van der Waals surface area contributed by atoms with Gasteiger partial charge in [-0.2, -0.15) is 0 Å². The predicted octanol–water partition coefficient (Wildman–Crippen LogP) is 5.45. The smallest absolute Gasteiger partial charge is 0.259 e. The van der Waals surface area contributed by atoms with Crippen molar-refractivity contribution in [3.8, 4) is 5.75 Å². The fraction of sp³-hybridized carbons (Fsp3) is 0.120. The number of hydrogen-bond donors (Lipinski definition) is 1. The summed E-state index contributed by atoms with van der Waals surface area (Å²) in [5.41, 5.74) is 3.30. The van der Waals surface area contributed by atoms with Gasteiger partial charge < -0.3 is 14.6 Å². The molecule has 1 heterocycles. The molecule has 0 fully saturated rings. The number of carbonyl (C=O) groups is 1. The molecule has 0 bridgehead atoms. The highest BCUT2D eigenvalue weighted by atomic mass is 79.9. The summed E-state index contributed by atoms with van der Waals surface area (Å²) >= 11 is 3.47. The quantitative estimate of drug-likeness (QED) is 0.416. The van der Waals surface area contributed by atoms with E-state index in [-0.39, 0.29) is 18.0 Å². The van der Waals surface area contributed by atoms with Crippen LogP contribution < -0.4 is 15.2 Å². The Kier molecular flexibility index (Phi) is 5.91. The molecule has 0 aliphatic heterocycles. The Morgan fingerprint density at radius 1 is 1.03 bits per heavy atom. The molecule has 156 valence electrons. The van der Waals surface area contributed by atoms with Gasteiger partial charge in [-0.3, -0.25) is 9.59 Å². The van der Waals surface area contributed by atoms with E-state index in [4.69, 9.17) is 4.74 Å². The lowest BCUT2D eigenvalue weighted by atomic mass is 10.1. The van der Waals surface area contributed by atoms with Gasteiger partial charge in [0.05, 0.1) is 24.7 Å². The van der Waals surface area contributed by atoms with E-state index in [1.165, 1.54) is 0 Å². The molecule has 0 radical (unpaired) electrons. The van der Waals surface area contributed by atoms with Crippen LogP contribution in [0, 0.1) is 6.92 Å². The van der Waals surface area contributed by atoms with Crippen molar-refractivity contribution in [2.75, 3.05) is 12.0 Å². The fourth-order valence-electron chi connectivity index (χ4n) is 3.54. The molecular formula is C25H21BrN2O3. The van der Waals surface area contributed by atoms with Gasteiger partial charge in [0.1, 0.15) is 5.75 Å². The highest BCUT2D eigenvalue weighted by Gasteiger charge is 2.21. The second-order valence-corrected chi connectivity index (χ2v) is 8.09. The first-order chi connectivity index (χ1) is 15.0. The molecule has 0 aliphatic carbocycles. The molecule has 4 rings (SSSR count). The van der Waals surface area contributed by atoms with E-state index < -0.39 is 0 Å². The molecule has 0 saturated heterocycles. The standard InChI is InChI=1S/C25H21BrN2O3/c1-16-6-5-7-17-14-18(24(29)27-23(16)17)15-28(19-10-12-20(31-2)13-11-19)25(30)21-8-3-4-9-22(21)26/h3-14H,15H2,1-2H3,(H,27,29). The number of pyridine rings is 1. The van der Waals surface area contributed by atoms with Crippen molar-refractivity contribution in [1.82, 2.24) is 4.98 Å². The predicted molar refractivity (Wildman–Crippen MR) is 127 cm³/mol. The van der Waals surface area contributed by atoms with Gasteiger partial charge in [0.25, 0.3) is 11.5 Å². The van der Waals surface area contributed by atoms with Crippen LogP contribution in [0.2, 0.25) is 0 Å². The molecular weight excluding hydrogens is 456 g/mol. The van der Waals surface area contributed by atoms with Crippen molar-refractivity contribution in [3.05, 3.63) is 104 Å². The number of hydrogen-bond acceptors (Lipinski definition) is 3. The van der Waals surface area contributed by atoms with E-state index in [1.807, 2.05) is 61.5 Å². The van der Waals surface area contributed by atoms with Gasteiger partial charge in [-0.25, -0.2) is 0 Å². The number of anilines is 1. The molecule has 6 heteroatoms. The number of ether oxygens (including phenoxy) is 1. The van der Waals surface area contributed by atoms with E-state index in [1.54, 1.807) is 30.2 Å². The number of methoxy groups -OCH3 is 1. The lowest BCUT2D eigenvalue weighted by Gasteiger charge is -2.24. The van der Waals surface area contributed by atoms with E-state index >= 15 is 0 Å². The minimum Gasteiger partial charge on any atom is -0.497 e. The molecule has 3 aromatic carbocycles. The highest BCUT2D eigenvalue weighted by Crippen LogP contribution is 2.26. The third kappa shape index (κ3) is 4.25. The average Bonchev–Trinajstić information content (AvgIpc) is 2.78. The Hall–Kier alpha value is -3.38. The molecule has 0 unspecified atom stereocenters. The summed E-state index contributed by atoms with van der Waals surface area (Å²) in [5.74, 6) is 0.484. The number of amides is 1. The average molecular weight is 477 g/mol. The number of H-pyrrole nitrogens is 1. The molecule has 1 aromatic heterocycles. The molecule has 4 aromatic rings. The topological polar surface area (TPSA) is 62.4 Å². The number of nitrogens with one attached hydrogen (secondary N) is 1. The van der Waals surface area contributed by atoms with Gasteiger partial charge in [-0.05, 0) is 76.3 Å². The normalized spacial score (nSPS) is 10.8. The van der Waals surface area contributed by atoms with Gasteiger partial charge >= 0.3 is 0 Å². The van der Waals surface area contributed by atoms with Crippen LogP contribution in [-0.4, -0.2) is 18.0 Å². The summed E-state index contributed by atoms with van der Waals surface area (Å²) in [4.78, 5) is 30.9. The van der Waals surface area contributed by atoms with Gasteiger partial charge in [-0.1, -0.05) is 30.3 Å². The Morgan fingerprint density at radius 2 is 1.77 bits per heavy atom. The summed E-state index contributed by atoms with van der Waals surface area (Å²) in [5, 5.41) is 0.928. The summed E-state index contributed by atoms with van der Waals surface area (Å²) in [6.45, 7) is 2.09. The minimum atomic E-state index is -0.208. The van der Waals surface area contributed by atoms with E-state index in [0.717, 1.165) is 16.5 Å². The van der Waals surface area contributed by atoms with Gasteiger partial charge in [0, 0.05) is 15.7 Å². The van der Waals surface area contributed by atoms with Crippen molar-refractivity contribution < 1.29 is 9.53 Å². The number of fused-ring (bicyclic) bond motifs is 1. The molecule has 1 amide bonds. The minimum absolute atomic E-state index is 0.131. The first kappa shape index (κ1) is 20.9. The lowest BCUT2D eigenvalue weighted by Crippen LogP contribution is -2.33. The van der Waals surface area contributed by atoms with Crippen LogP contribution in [0.1, 0.15) is 21.5 Å². The van der Waals surface area contributed by atoms with Crippen molar-refractivity contribution in [1.29, 1.82) is 0 Å². The number of halogens is 1. The van der Waals surface area contributed by atoms with Crippen molar-refractivity contribution >= 4 is 38.4 Å². The number of benzene rings is 3. The number of para-hydroxylation sites is 1. The van der Waals surface area contributed by atoms with Crippen LogP contribution in [0.25, 0.3) is 10.9 Å². The van der Waals surface area contributed by atoms with Crippen molar-refractivity contribution in [2.24, 2.45) is 0 Å². The van der Waals surface area contributed by atoms with Crippen molar-refractivity contribution in [3.63, 3.8) is 0 Å². The largest absolute Gasteiger partial charge is 0.497 e. The first-order valence-electron chi connectivity index (χ1n) is 9.80. The number of aromatic amines is 1. The number of aryl methyl sites for hydroxylation is 1. The zero-order valence-corrected chi connectivity index (χ0v) is 18.8. The maximum Gasteiger partial charge on any atom is 0.259 e. The Morgan fingerprint density at radius 3 is 2.48 bits per heavy atom. The maximum absolute atomic E-state index is 13.5. The van der Waals surface area contributed by atoms with Crippen LogP contribution in [0.5, 0.6) is 5.75 Å². The summed E-state index contributed by atoms with van der Waals surface area (Å²) < 4.78 is 5.94. The molecule has 31 heavy (non-hydrogen) atoms. The van der Waals surface area contributed by atoms with Crippen LogP contribution in [0.15, 0.2) is 82.1 Å². The SMILES string of the molecule is COc1ccc(N(Cc2cc3cccc(C)c3[nH]c2=O)C(=O)c2ccccc2Br)cc1. The van der Waals surface area contributed by atoms with Gasteiger partial charge in [0.2, 0.25) is 0 Å². The molecule has 0 spiro atoms. The molecule has 0 atom stereocenters. The number of nitrogens with zero attached hydrogens (tertiary/aromatic N) is 1. The Balaban J connectivity index is 1.80. The van der Waals surface area contributed by atoms with Gasteiger partial charge in [0.15, 0.2) is 0 Å². The summed E-state index contributed by atoms with van der Waals surface area (Å²) in [6.07, 6.45) is 0. The number of carbonyl (C=O) groups excluding carboxylic acids is 1. The Labute approximate surface area is 188 Å². The molecule has 0 saturated carbocycles. The first-order valence-corrected chi connectivity index (χ1v) is 10.6. The van der Waals surface area contributed by atoms with Crippen molar-refractivity contribution in [2.45, 2.75) is 13.5 Å². The van der Waals surface area contributed by atoms with Gasteiger partial charge in [-0.15, -0.1) is 0 Å². The summed E-state index contributed by atoms with van der Waals surface area (Å²) in [6, 6.07) is 22.2. The number of rotatable bonds is 5. The van der Waals surface area contributed by atoms with Crippen LogP contribution in [-0.2, 0) is 6.54 Å². The maximum atomic E-state index is 13.5. The summed E-state index contributed by atoms with van der Waals surface area (Å²) in [7, 11) is 1.59. The number of aromatic nitrogens is 1. The second-order valence-electron chi connectivity index (χ2n) is 7.23. The third-order valence-electron chi connectivity index (χ3n) is 5.23. The van der Waals surface area contributed by atoms with E-state index in [9.17, 15) is 9.59 Å². The van der Waals surface area contributed by atoms with Crippen LogP contribution in [0.3, 0.4) is 0 Å². The lowest BCUT2D eigenvalue weighted by molar-refractivity contribution is 0.0984. The van der Waals surface area contributed by atoms with Crippen LogP contribution >= 0.6 is 15.9 Å². The molecule has 0 aliphatic rings. The van der Waals surface area contributed by atoms with Crippen LogP contribution in [0.4, 0.5) is 5.69 Å².